The number of urea groups is 1. The Labute approximate surface area is 120 Å². The number of hydrogen-bond acceptors (Lipinski definition) is 2. The van der Waals surface area contributed by atoms with Crippen LogP contribution in [0.3, 0.4) is 0 Å². The number of carbonyl (C=O) groups excluding carboxylic acids is 1. The van der Waals surface area contributed by atoms with E-state index in [4.69, 9.17) is 28.3 Å². The minimum absolute atomic E-state index is 0.347. The van der Waals surface area contributed by atoms with E-state index in [9.17, 15) is 9.59 Å². The summed E-state index contributed by atoms with van der Waals surface area (Å²) in [6.45, 7) is 1.73. The molecule has 0 heterocycles. The maximum atomic E-state index is 11.3. The van der Waals surface area contributed by atoms with E-state index < -0.39 is 18.0 Å². The lowest BCUT2D eigenvalue weighted by Crippen LogP contribution is -2.44. The highest BCUT2D eigenvalue weighted by atomic mass is 35.5. The lowest BCUT2D eigenvalue weighted by molar-refractivity contribution is -0.138. The van der Waals surface area contributed by atoms with Crippen molar-refractivity contribution in [2.75, 3.05) is 6.54 Å². The van der Waals surface area contributed by atoms with Crippen LogP contribution in [0.15, 0.2) is 18.2 Å². The predicted molar refractivity (Wildman–Crippen MR) is 73.8 cm³/mol. The lowest BCUT2D eigenvalue weighted by Gasteiger charge is -2.11. The number of carbonyl (C=O) groups is 2. The molecule has 0 aliphatic carbocycles. The number of amides is 2. The Morgan fingerprint density at radius 1 is 1.37 bits per heavy atom. The maximum Gasteiger partial charge on any atom is 0.325 e. The molecule has 7 heteroatoms. The molecule has 2 amide bonds. The van der Waals surface area contributed by atoms with Gasteiger partial charge in [0.1, 0.15) is 6.04 Å². The second kappa shape index (κ2) is 7.21. The van der Waals surface area contributed by atoms with E-state index in [0.29, 0.717) is 23.0 Å². The van der Waals surface area contributed by atoms with Gasteiger partial charge in [0.25, 0.3) is 0 Å². The normalized spacial score (nSPS) is 11.7. The van der Waals surface area contributed by atoms with Crippen molar-refractivity contribution < 1.29 is 14.7 Å². The van der Waals surface area contributed by atoms with E-state index in [-0.39, 0.29) is 0 Å². The molecule has 0 fully saturated rings. The number of carboxylic acids is 1. The Morgan fingerprint density at radius 3 is 2.63 bits per heavy atom. The summed E-state index contributed by atoms with van der Waals surface area (Å²) < 4.78 is 0. The van der Waals surface area contributed by atoms with E-state index in [0.717, 1.165) is 5.56 Å². The monoisotopic (exact) mass is 304 g/mol. The van der Waals surface area contributed by atoms with E-state index >= 15 is 0 Å². The zero-order valence-corrected chi connectivity index (χ0v) is 11.8. The molecule has 1 aromatic rings. The molecule has 0 aromatic heterocycles. The van der Waals surface area contributed by atoms with Crippen molar-refractivity contribution >= 4 is 35.2 Å². The van der Waals surface area contributed by atoms with Crippen molar-refractivity contribution in [1.29, 1.82) is 0 Å². The number of nitrogens with one attached hydrogen (secondary N) is 2. The SMILES string of the molecule is CC(NC(=O)NCCc1ccc(Cl)cc1Cl)C(=O)O. The third kappa shape index (κ3) is 5.36. The number of hydrogen-bond donors (Lipinski definition) is 3. The van der Waals surface area contributed by atoms with Crippen LogP contribution in [0.5, 0.6) is 0 Å². The fraction of sp³-hybridized carbons (Fsp3) is 0.333. The number of aliphatic carboxylic acids is 1. The first-order valence-corrected chi connectivity index (χ1v) is 6.37. The average Bonchev–Trinajstić information content (AvgIpc) is 2.31. The van der Waals surface area contributed by atoms with Crippen LogP contribution in [0.1, 0.15) is 12.5 Å². The van der Waals surface area contributed by atoms with Crippen LogP contribution < -0.4 is 10.6 Å². The van der Waals surface area contributed by atoms with E-state index in [1.807, 2.05) is 0 Å². The summed E-state index contributed by atoms with van der Waals surface area (Å²) in [6.07, 6.45) is 0.533. The highest BCUT2D eigenvalue weighted by Gasteiger charge is 2.13. The molecule has 0 saturated heterocycles. The molecule has 19 heavy (non-hydrogen) atoms. The molecule has 0 saturated carbocycles. The topological polar surface area (TPSA) is 78.4 Å². The van der Waals surface area contributed by atoms with Crippen LogP contribution in [0.2, 0.25) is 10.0 Å². The lowest BCUT2D eigenvalue weighted by atomic mass is 10.1. The number of rotatable bonds is 5. The van der Waals surface area contributed by atoms with Gasteiger partial charge in [-0.2, -0.15) is 0 Å². The molecule has 104 valence electrons. The average molecular weight is 305 g/mol. The van der Waals surface area contributed by atoms with Crippen molar-refractivity contribution in [3.05, 3.63) is 33.8 Å². The van der Waals surface area contributed by atoms with Gasteiger partial charge in [0.2, 0.25) is 0 Å². The Hall–Kier alpha value is -1.46. The van der Waals surface area contributed by atoms with Crippen molar-refractivity contribution in [3.63, 3.8) is 0 Å². The minimum atomic E-state index is -1.09. The number of benzene rings is 1. The van der Waals surface area contributed by atoms with Gasteiger partial charge < -0.3 is 15.7 Å². The third-order valence-electron chi connectivity index (χ3n) is 2.41. The molecular weight excluding hydrogens is 291 g/mol. The first kappa shape index (κ1) is 15.6. The van der Waals surface area contributed by atoms with Crippen molar-refractivity contribution in [2.45, 2.75) is 19.4 Å². The molecule has 1 unspecified atom stereocenters. The minimum Gasteiger partial charge on any atom is -0.480 e. The van der Waals surface area contributed by atoms with E-state index in [1.54, 1.807) is 18.2 Å². The van der Waals surface area contributed by atoms with Crippen molar-refractivity contribution in [3.8, 4) is 0 Å². The highest BCUT2D eigenvalue weighted by molar-refractivity contribution is 6.35. The fourth-order valence-corrected chi connectivity index (χ4v) is 1.85. The van der Waals surface area contributed by atoms with Gasteiger partial charge in [-0.15, -0.1) is 0 Å². The molecule has 1 rings (SSSR count). The van der Waals surface area contributed by atoms with Gasteiger partial charge in [0.05, 0.1) is 0 Å². The van der Waals surface area contributed by atoms with E-state index in [1.165, 1.54) is 6.92 Å². The van der Waals surface area contributed by atoms with Gasteiger partial charge in [0.15, 0.2) is 0 Å². The van der Waals surface area contributed by atoms with E-state index in [2.05, 4.69) is 10.6 Å². The summed E-state index contributed by atoms with van der Waals surface area (Å²) in [6, 6.07) is 3.67. The maximum absolute atomic E-state index is 11.3. The molecule has 0 radical (unpaired) electrons. The Balaban J connectivity index is 2.38. The van der Waals surface area contributed by atoms with Crippen molar-refractivity contribution in [1.82, 2.24) is 10.6 Å². The summed E-state index contributed by atoms with van der Waals surface area (Å²) in [4.78, 5) is 21.9. The molecule has 3 N–H and O–H groups in total. The summed E-state index contributed by atoms with van der Waals surface area (Å²) in [5, 5.41) is 14.6. The fourth-order valence-electron chi connectivity index (χ4n) is 1.34. The van der Waals surface area contributed by atoms with Crippen LogP contribution in [-0.2, 0) is 11.2 Å². The molecule has 0 aliphatic rings. The summed E-state index contributed by atoms with van der Waals surface area (Å²) in [7, 11) is 0. The zero-order chi connectivity index (χ0) is 14.4. The highest BCUT2D eigenvalue weighted by Crippen LogP contribution is 2.20. The Bertz CT molecular complexity index is 480. The van der Waals surface area contributed by atoms with Crippen molar-refractivity contribution in [2.24, 2.45) is 0 Å². The van der Waals surface area contributed by atoms with Crippen LogP contribution >= 0.6 is 23.2 Å². The molecule has 1 aromatic carbocycles. The first-order chi connectivity index (χ1) is 8.90. The second-order valence-corrected chi connectivity index (χ2v) is 4.79. The zero-order valence-electron chi connectivity index (χ0n) is 10.2. The van der Waals surface area contributed by atoms with Crippen LogP contribution in [0, 0.1) is 0 Å². The molecular formula is C12H14Cl2N2O3. The summed E-state index contributed by atoms with van der Waals surface area (Å²) in [5.41, 5.74) is 0.859. The molecule has 5 nitrogen and oxygen atoms in total. The summed E-state index contributed by atoms with van der Waals surface area (Å²) >= 11 is 11.7. The molecule has 1 atom stereocenters. The Morgan fingerprint density at radius 2 is 2.05 bits per heavy atom. The van der Waals surface area contributed by atoms with Gasteiger partial charge in [-0.05, 0) is 31.0 Å². The smallest absolute Gasteiger partial charge is 0.325 e. The number of halogens is 2. The predicted octanol–water partition coefficient (Wildman–Crippen LogP) is 2.31. The van der Waals surface area contributed by atoms with Gasteiger partial charge in [-0.3, -0.25) is 4.79 Å². The molecule has 0 spiro atoms. The van der Waals surface area contributed by atoms with Gasteiger partial charge in [0, 0.05) is 16.6 Å². The van der Waals surface area contributed by atoms with Crippen LogP contribution in [0.25, 0.3) is 0 Å². The first-order valence-electron chi connectivity index (χ1n) is 5.61. The third-order valence-corrected chi connectivity index (χ3v) is 3.00. The van der Waals surface area contributed by atoms with Gasteiger partial charge >= 0.3 is 12.0 Å². The summed E-state index contributed by atoms with van der Waals surface area (Å²) in [5.74, 6) is -1.09. The largest absolute Gasteiger partial charge is 0.480 e. The van der Waals surface area contributed by atoms with Crippen LogP contribution in [0.4, 0.5) is 4.79 Å². The van der Waals surface area contributed by atoms with Gasteiger partial charge in [-0.25, -0.2) is 4.79 Å². The number of carboxylic acid groups (broad SMARTS) is 1. The molecule has 0 aliphatic heterocycles. The Kier molecular flexibility index (Phi) is 5.92. The standard InChI is InChI=1S/C12H14Cl2N2O3/c1-7(11(17)18)16-12(19)15-5-4-8-2-3-9(13)6-10(8)14/h2-3,6-7H,4-5H2,1H3,(H,17,18)(H2,15,16,19). The molecule has 0 bridgehead atoms. The van der Waals surface area contributed by atoms with Gasteiger partial charge in [-0.1, -0.05) is 29.3 Å². The second-order valence-electron chi connectivity index (χ2n) is 3.95. The quantitative estimate of drug-likeness (QED) is 0.781. The van der Waals surface area contributed by atoms with Crippen LogP contribution in [-0.4, -0.2) is 29.7 Å².